The molecule has 0 aromatic heterocycles. The van der Waals surface area contributed by atoms with Crippen LogP contribution in [0.1, 0.15) is 84.5 Å². The van der Waals surface area contributed by atoms with E-state index in [1.165, 1.54) is 70.8 Å². The van der Waals surface area contributed by atoms with Crippen molar-refractivity contribution in [1.82, 2.24) is 5.32 Å². The molecule has 3 unspecified atom stereocenters. The second-order valence-electron chi connectivity index (χ2n) is 8.76. The summed E-state index contributed by atoms with van der Waals surface area (Å²) >= 11 is 0. The summed E-state index contributed by atoms with van der Waals surface area (Å²) in [6, 6.07) is 0.892. The van der Waals surface area contributed by atoms with Gasteiger partial charge in [-0.1, -0.05) is 46.0 Å². The van der Waals surface area contributed by atoms with Gasteiger partial charge in [-0.3, -0.25) is 0 Å². The first-order chi connectivity index (χ1) is 10.2. The molecule has 0 spiro atoms. The highest BCUT2D eigenvalue weighted by Gasteiger charge is 2.34. The van der Waals surface area contributed by atoms with Crippen molar-refractivity contribution < 1.29 is 0 Å². The Hall–Kier alpha value is -0.0400. The lowest BCUT2D eigenvalue weighted by molar-refractivity contribution is 0.114. The van der Waals surface area contributed by atoms with E-state index >= 15 is 0 Å². The minimum atomic E-state index is 0.892. The fourth-order valence-electron chi connectivity index (χ4n) is 4.98. The Morgan fingerprint density at radius 2 is 1.62 bits per heavy atom. The summed E-state index contributed by atoms with van der Waals surface area (Å²) in [5.41, 5.74) is 0. The van der Waals surface area contributed by atoms with Crippen molar-refractivity contribution in [2.45, 2.75) is 90.5 Å². The summed E-state index contributed by atoms with van der Waals surface area (Å²) in [7, 11) is 0. The quantitative estimate of drug-likeness (QED) is 0.691. The van der Waals surface area contributed by atoms with Gasteiger partial charge in [-0.05, 0) is 74.7 Å². The predicted molar refractivity (Wildman–Crippen MR) is 91.4 cm³/mol. The molecule has 3 rings (SSSR count). The van der Waals surface area contributed by atoms with E-state index in [0.717, 1.165) is 35.6 Å². The zero-order chi connectivity index (χ0) is 14.7. The first kappa shape index (κ1) is 15.8. The molecule has 3 aliphatic carbocycles. The maximum Gasteiger partial charge on any atom is 0.00683 e. The molecule has 0 saturated heterocycles. The van der Waals surface area contributed by atoms with E-state index in [2.05, 4.69) is 19.2 Å². The topological polar surface area (TPSA) is 12.0 Å². The van der Waals surface area contributed by atoms with Crippen LogP contribution in [0.4, 0.5) is 0 Å². The zero-order valence-electron chi connectivity index (χ0n) is 14.4. The predicted octanol–water partition coefficient (Wildman–Crippen LogP) is 5.40. The van der Waals surface area contributed by atoms with Crippen LogP contribution in [0.3, 0.4) is 0 Å². The summed E-state index contributed by atoms with van der Waals surface area (Å²) in [6.07, 6.45) is 16.6. The Kier molecular flexibility index (Phi) is 5.65. The maximum atomic E-state index is 3.84. The molecule has 122 valence electrons. The van der Waals surface area contributed by atoms with E-state index < -0.39 is 0 Å². The summed E-state index contributed by atoms with van der Waals surface area (Å²) in [5, 5.41) is 3.84. The van der Waals surface area contributed by atoms with Crippen LogP contribution in [0.25, 0.3) is 0 Å². The van der Waals surface area contributed by atoms with E-state index in [1.54, 1.807) is 6.42 Å². The Balaban J connectivity index is 1.54. The Morgan fingerprint density at radius 3 is 2.29 bits per heavy atom. The van der Waals surface area contributed by atoms with Crippen LogP contribution in [-0.2, 0) is 0 Å². The smallest absolute Gasteiger partial charge is 0.00683 e. The number of nitrogens with one attached hydrogen (secondary N) is 1. The monoisotopic (exact) mass is 291 g/mol. The minimum Gasteiger partial charge on any atom is -0.314 e. The molecule has 1 heteroatoms. The third kappa shape index (κ3) is 4.71. The fourth-order valence-corrected chi connectivity index (χ4v) is 4.98. The van der Waals surface area contributed by atoms with Crippen LogP contribution < -0.4 is 5.32 Å². The molecule has 0 radical (unpaired) electrons. The highest BCUT2D eigenvalue weighted by atomic mass is 14.9. The first-order valence-corrected chi connectivity index (χ1v) is 9.95. The molecule has 1 nitrogen and oxygen atoms in total. The molecule has 3 aliphatic rings. The van der Waals surface area contributed by atoms with Gasteiger partial charge in [0.1, 0.15) is 0 Å². The largest absolute Gasteiger partial charge is 0.314 e. The molecule has 0 amide bonds. The molecule has 0 heterocycles. The van der Waals surface area contributed by atoms with Crippen LogP contribution >= 0.6 is 0 Å². The molecule has 1 N–H and O–H groups in total. The minimum absolute atomic E-state index is 0.892. The molecule has 0 aliphatic heterocycles. The standard InChI is InChI=1S/C20H37N/c1-15(2)17-8-9-18(14-21-20-10-11-20)19(13-17)12-16-6-4-3-5-7-16/h15-21H,3-14H2,1-2H3. The van der Waals surface area contributed by atoms with E-state index in [0.29, 0.717) is 0 Å². The van der Waals surface area contributed by atoms with E-state index in [9.17, 15) is 0 Å². The Labute approximate surface area is 132 Å². The summed E-state index contributed by atoms with van der Waals surface area (Å²) in [5.74, 6) is 4.99. The molecule has 21 heavy (non-hydrogen) atoms. The van der Waals surface area contributed by atoms with Gasteiger partial charge < -0.3 is 5.32 Å². The fraction of sp³-hybridized carbons (Fsp3) is 1.00. The molecule has 0 bridgehead atoms. The second-order valence-corrected chi connectivity index (χ2v) is 8.76. The van der Waals surface area contributed by atoms with Gasteiger partial charge in [0, 0.05) is 6.04 Å². The van der Waals surface area contributed by atoms with Gasteiger partial charge in [0.25, 0.3) is 0 Å². The third-order valence-corrected chi connectivity index (χ3v) is 6.73. The van der Waals surface area contributed by atoms with E-state index in [-0.39, 0.29) is 0 Å². The van der Waals surface area contributed by atoms with Gasteiger partial charge in [-0.25, -0.2) is 0 Å². The van der Waals surface area contributed by atoms with Crippen LogP contribution in [0.15, 0.2) is 0 Å². The van der Waals surface area contributed by atoms with Crippen LogP contribution in [0.5, 0.6) is 0 Å². The van der Waals surface area contributed by atoms with Crippen molar-refractivity contribution in [2.75, 3.05) is 6.54 Å². The highest BCUT2D eigenvalue weighted by molar-refractivity contribution is 4.88. The molecule has 3 saturated carbocycles. The van der Waals surface area contributed by atoms with Crippen molar-refractivity contribution >= 4 is 0 Å². The van der Waals surface area contributed by atoms with Crippen molar-refractivity contribution in [3.63, 3.8) is 0 Å². The number of hydrogen-bond acceptors (Lipinski definition) is 1. The average Bonchev–Trinajstić information content (AvgIpc) is 3.31. The average molecular weight is 292 g/mol. The van der Waals surface area contributed by atoms with E-state index in [1.807, 2.05) is 0 Å². The van der Waals surface area contributed by atoms with Gasteiger partial charge in [-0.2, -0.15) is 0 Å². The van der Waals surface area contributed by atoms with Crippen molar-refractivity contribution in [2.24, 2.45) is 29.6 Å². The molecular formula is C20H37N. The summed E-state index contributed by atoms with van der Waals surface area (Å²) < 4.78 is 0. The van der Waals surface area contributed by atoms with Crippen LogP contribution in [0.2, 0.25) is 0 Å². The van der Waals surface area contributed by atoms with E-state index in [4.69, 9.17) is 0 Å². The second kappa shape index (κ2) is 7.49. The first-order valence-electron chi connectivity index (χ1n) is 9.95. The Morgan fingerprint density at radius 1 is 0.857 bits per heavy atom. The molecule has 0 aromatic carbocycles. The number of rotatable bonds is 6. The molecular weight excluding hydrogens is 254 g/mol. The summed E-state index contributed by atoms with van der Waals surface area (Å²) in [6.45, 7) is 6.23. The van der Waals surface area contributed by atoms with Crippen molar-refractivity contribution in [1.29, 1.82) is 0 Å². The Bertz CT molecular complexity index is 301. The van der Waals surface area contributed by atoms with Crippen molar-refractivity contribution in [3.05, 3.63) is 0 Å². The zero-order valence-corrected chi connectivity index (χ0v) is 14.4. The lowest BCUT2D eigenvalue weighted by Crippen LogP contribution is -2.36. The van der Waals surface area contributed by atoms with Gasteiger partial charge in [0.05, 0.1) is 0 Å². The van der Waals surface area contributed by atoms with Crippen LogP contribution in [0, 0.1) is 29.6 Å². The lowest BCUT2D eigenvalue weighted by atomic mass is 9.67. The normalized spacial score (nSPS) is 35.3. The SMILES string of the molecule is CC(C)C1CCC(CNC2CC2)C(CC2CCCCC2)C1. The summed E-state index contributed by atoms with van der Waals surface area (Å²) in [4.78, 5) is 0. The van der Waals surface area contributed by atoms with Gasteiger partial charge in [-0.15, -0.1) is 0 Å². The third-order valence-electron chi connectivity index (χ3n) is 6.73. The van der Waals surface area contributed by atoms with Gasteiger partial charge in [0.2, 0.25) is 0 Å². The van der Waals surface area contributed by atoms with Gasteiger partial charge >= 0.3 is 0 Å². The molecule has 3 atom stereocenters. The lowest BCUT2D eigenvalue weighted by Gasteiger charge is -2.40. The number of hydrogen-bond donors (Lipinski definition) is 1. The van der Waals surface area contributed by atoms with Crippen LogP contribution in [-0.4, -0.2) is 12.6 Å². The maximum absolute atomic E-state index is 3.84. The molecule has 0 aromatic rings. The van der Waals surface area contributed by atoms with Gasteiger partial charge in [0.15, 0.2) is 0 Å². The van der Waals surface area contributed by atoms with Crippen molar-refractivity contribution in [3.8, 4) is 0 Å². The highest BCUT2D eigenvalue weighted by Crippen LogP contribution is 2.42. The molecule has 3 fully saturated rings.